The van der Waals surface area contributed by atoms with Gasteiger partial charge in [0.1, 0.15) is 0 Å². The van der Waals surface area contributed by atoms with Crippen molar-refractivity contribution in [1.29, 1.82) is 0 Å². The van der Waals surface area contributed by atoms with Gasteiger partial charge in [-0.15, -0.1) is 0 Å². The van der Waals surface area contributed by atoms with Crippen LogP contribution in [0.25, 0.3) is 0 Å². The minimum absolute atomic E-state index is 0.0803. The summed E-state index contributed by atoms with van der Waals surface area (Å²) in [5, 5.41) is 3.04. The molecule has 1 amide bonds. The molecule has 0 atom stereocenters. The third kappa shape index (κ3) is 5.58. The van der Waals surface area contributed by atoms with Crippen LogP contribution in [0.2, 0.25) is 0 Å². The number of sulfonamides is 1. The Hall–Kier alpha value is -1.68. The monoisotopic (exact) mass is 450 g/mol. The molecule has 0 spiro atoms. The van der Waals surface area contributed by atoms with Gasteiger partial charge < -0.3 is 15.0 Å². The molecule has 0 radical (unpaired) electrons. The zero-order valence-corrected chi connectivity index (χ0v) is 19.0. The molecule has 3 fully saturated rings. The maximum atomic E-state index is 13.1. The number of amides is 1. The van der Waals surface area contributed by atoms with Gasteiger partial charge >= 0.3 is 0 Å². The predicted molar refractivity (Wildman–Crippen MR) is 121 cm³/mol. The van der Waals surface area contributed by atoms with E-state index < -0.39 is 10.0 Å². The van der Waals surface area contributed by atoms with Crippen LogP contribution in [-0.2, 0) is 19.6 Å². The fourth-order valence-corrected chi connectivity index (χ4v) is 6.07. The summed E-state index contributed by atoms with van der Waals surface area (Å²) in [6, 6.07) is 5.15. The van der Waals surface area contributed by atoms with Crippen molar-refractivity contribution >= 4 is 27.3 Å². The Morgan fingerprint density at radius 1 is 0.903 bits per heavy atom. The molecule has 0 bridgehead atoms. The molecule has 1 aromatic rings. The first-order chi connectivity index (χ1) is 15.0. The molecule has 172 valence electrons. The highest BCUT2D eigenvalue weighted by Crippen LogP contribution is 2.32. The Labute approximate surface area is 185 Å². The van der Waals surface area contributed by atoms with Gasteiger partial charge in [-0.3, -0.25) is 9.69 Å². The van der Waals surface area contributed by atoms with E-state index in [9.17, 15) is 13.2 Å². The van der Waals surface area contributed by atoms with E-state index in [2.05, 4.69) is 15.1 Å². The minimum atomic E-state index is -3.62. The van der Waals surface area contributed by atoms with Gasteiger partial charge in [0, 0.05) is 26.2 Å². The molecule has 31 heavy (non-hydrogen) atoms. The minimum Gasteiger partial charge on any atom is -0.379 e. The third-order valence-electron chi connectivity index (χ3n) is 6.36. The van der Waals surface area contributed by atoms with Gasteiger partial charge in [0.15, 0.2) is 0 Å². The number of anilines is 2. The van der Waals surface area contributed by atoms with Crippen LogP contribution in [0.4, 0.5) is 11.4 Å². The van der Waals surface area contributed by atoms with Crippen LogP contribution in [0, 0.1) is 0 Å². The summed E-state index contributed by atoms with van der Waals surface area (Å²) in [5.74, 6) is -0.0803. The summed E-state index contributed by atoms with van der Waals surface area (Å²) in [5.41, 5.74) is 1.50. The van der Waals surface area contributed by atoms with E-state index in [1.165, 1.54) is 17.1 Å². The van der Waals surface area contributed by atoms with Crippen molar-refractivity contribution in [3.8, 4) is 0 Å². The van der Waals surface area contributed by atoms with Crippen molar-refractivity contribution in [1.82, 2.24) is 9.21 Å². The number of likely N-dealkylation sites (tertiary alicyclic amines) is 1. The largest absolute Gasteiger partial charge is 0.379 e. The Balaban J connectivity index is 1.55. The van der Waals surface area contributed by atoms with Gasteiger partial charge in [0.05, 0.1) is 36.0 Å². The SMILES string of the molecule is O=C(CN1CCCCCC1)Nc1cc(S(=O)(=O)N2CCOCC2)ccc1N1CCCC1. The molecular formula is C22H34N4O4S. The molecule has 3 saturated heterocycles. The number of ether oxygens (including phenoxy) is 1. The molecule has 0 unspecified atom stereocenters. The van der Waals surface area contributed by atoms with Crippen molar-refractivity contribution in [3.05, 3.63) is 18.2 Å². The molecule has 0 aliphatic carbocycles. The lowest BCUT2D eigenvalue weighted by Crippen LogP contribution is -2.40. The van der Waals surface area contributed by atoms with Crippen LogP contribution >= 0.6 is 0 Å². The van der Waals surface area contributed by atoms with Gasteiger partial charge in [-0.05, 0) is 57.0 Å². The Bertz CT molecular complexity index is 856. The molecule has 8 nitrogen and oxygen atoms in total. The van der Waals surface area contributed by atoms with Crippen molar-refractivity contribution in [2.24, 2.45) is 0 Å². The molecular weight excluding hydrogens is 416 g/mol. The normalized spacial score (nSPS) is 21.7. The fraction of sp³-hybridized carbons (Fsp3) is 0.682. The number of hydrogen-bond donors (Lipinski definition) is 1. The summed E-state index contributed by atoms with van der Waals surface area (Å²) in [6.07, 6.45) is 6.90. The first-order valence-electron chi connectivity index (χ1n) is 11.5. The molecule has 0 aromatic heterocycles. The van der Waals surface area contributed by atoms with Crippen molar-refractivity contribution in [3.63, 3.8) is 0 Å². The number of carbonyl (C=O) groups excluding carboxylic acids is 1. The van der Waals surface area contributed by atoms with Crippen molar-refractivity contribution < 1.29 is 17.9 Å². The highest BCUT2D eigenvalue weighted by atomic mass is 32.2. The summed E-state index contributed by atoms with van der Waals surface area (Å²) < 4.78 is 33.1. The Kier molecular flexibility index (Phi) is 7.47. The average molecular weight is 451 g/mol. The quantitative estimate of drug-likeness (QED) is 0.715. The Morgan fingerprint density at radius 3 is 2.23 bits per heavy atom. The number of carbonyl (C=O) groups is 1. The summed E-state index contributed by atoms with van der Waals surface area (Å²) in [7, 11) is -3.62. The highest BCUT2D eigenvalue weighted by Gasteiger charge is 2.28. The van der Waals surface area contributed by atoms with E-state index >= 15 is 0 Å². The van der Waals surface area contributed by atoms with E-state index in [1.54, 1.807) is 12.1 Å². The lowest BCUT2D eigenvalue weighted by atomic mass is 10.2. The number of nitrogens with one attached hydrogen (secondary N) is 1. The number of morpholine rings is 1. The van der Waals surface area contributed by atoms with Gasteiger partial charge in [0.25, 0.3) is 0 Å². The fourth-order valence-electron chi connectivity index (χ4n) is 4.63. The number of nitrogens with zero attached hydrogens (tertiary/aromatic N) is 3. The summed E-state index contributed by atoms with van der Waals surface area (Å²) >= 11 is 0. The van der Waals surface area contributed by atoms with E-state index in [-0.39, 0.29) is 10.8 Å². The molecule has 1 N–H and O–H groups in total. The molecule has 9 heteroatoms. The summed E-state index contributed by atoms with van der Waals surface area (Å²) in [6.45, 7) is 5.60. The van der Waals surface area contributed by atoms with Crippen LogP contribution in [0.1, 0.15) is 38.5 Å². The van der Waals surface area contributed by atoms with Crippen LogP contribution in [0.3, 0.4) is 0 Å². The smallest absolute Gasteiger partial charge is 0.243 e. The lowest BCUT2D eigenvalue weighted by Gasteiger charge is -2.27. The Morgan fingerprint density at radius 2 is 1.55 bits per heavy atom. The van der Waals surface area contributed by atoms with Crippen LogP contribution in [0.5, 0.6) is 0 Å². The summed E-state index contributed by atoms with van der Waals surface area (Å²) in [4.78, 5) is 17.5. The van der Waals surface area contributed by atoms with Gasteiger partial charge in [-0.1, -0.05) is 12.8 Å². The topological polar surface area (TPSA) is 82.2 Å². The zero-order valence-electron chi connectivity index (χ0n) is 18.2. The van der Waals surface area contributed by atoms with Crippen LogP contribution in [-0.4, -0.2) is 82.6 Å². The average Bonchev–Trinajstić information content (AvgIpc) is 3.19. The van der Waals surface area contributed by atoms with Gasteiger partial charge in [-0.2, -0.15) is 4.31 Å². The first-order valence-corrected chi connectivity index (χ1v) is 13.0. The molecule has 4 rings (SSSR count). The maximum Gasteiger partial charge on any atom is 0.243 e. The van der Waals surface area contributed by atoms with Crippen molar-refractivity contribution in [2.75, 3.05) is 69.2 Å². The van der Waals surface area contributed by atoms with E-state index in [0.717, 1.165) is 57.5 Å². The van der Waals surface area contributed by atoms with E-state index in [0.29, 0.717) is 38.5 Å². The maximum absolute atomic E-state index is 13.1. The standard InChI is InChI=1S/C22H34N4O4S/c27-22(18-24-9-3-1-2-4-10-24)23-20-17-19(7-8-21(20)25-11-5-6-12-25)31(28,29)26-13-15-30-16-14-26/h7-8,17H,1-6,9-16,18H2,(H,23,27). The predicted octanol–water partition coefficient (Wildman–Crippen LogP) is 2.12. The van der Waals surface area contributed by atoms with Gasteiger partial charge in [0.2, 0.25) is 15.9 Å². The van der Waals surface area contributed by atoms with Crippen LogP contribution < -0.4 is 10.2 Å². The molecule has 0 saturated carbocycles. The van der Waals surface area contributed by atoms with E-state index in [4.69, 9.17) is 4.74 Å². The molecule has 3 aliphatic heterocycles. The second kappa shape index (κ2) is 10.3. The highest BCUT2D eigenvalue weighted by molar-refractivity contribution is 7.89. The second-order valence-electron chi connectivity index (χ2n) is 8.63. The number of benzene rings is 1. The molecule has 3 aliphatic rings. The van der Waals surface area contributed by atoms with Crippen LogP contribution in [0.15, 0.2) is 23.1 Å². The first kappa shape index (κ1) is 22.5. The zero-order chi connectivity index (χ0) is 21.7. The number of hydrogen-bond acceptors (Lipinski definition) is 6. The van der Waals surface area contributed by atoms with E-state index in [1.807, 2.05) is 6.07 Å². The van der Waals surface area contributed by atoms with Gasteiger partial charge in [-0.25, -0.2) is 8.42 Å². The second-order valence-corrected chi connectivity index (χ2v) is 10.6. The molecule has 3 heterocycles. The molecule has 1 aromatic carbocycles. The lowest BCUT2D eigenvalue weighted by molar-refractivity contribution is -0.117. The third-order valence-corrected chi connectivity index (χ3v) is 8.26. The number of rotatable bonds is 6. The van der Waals surface area contributed by atoms with Crippen molar-refractivity contribution in [2.45, 2.75) is 43.4 Å².